The van der Waals surface area contributed by atoms with Gasteiger partial charge in [0, 0.05) is 6.07 Å². The fourth-order valence-corrected chi connectivity index (χ4v) is 2.77. The molecular weight excluding hydrogens is 310 g/mol. The van der Waals surface area contributed by atoms with Crippen molar-refractivity contribution in [3.8, 4) is 23.4 Å². The summed E-state index contributed by atoms with van der Waals surface area (Å²) in [6, 6.07) is 8.81. The first-order chi connectivity index (χ1) is 10.2. The highest BCUT2D eigenvalue weighted by molar-refractivity contribution is 7.16. The van der Waals surface area contributed by atoms with E-state index in [-0.39, 0.29) is 5.28 Å². The van der Waals surface area contributed by atoms with Crippen LogP contribution < -0.4 is 9.47 Å². The molecule has 5 nitrogen and oxygen atoms in total. The number of nitriles is 1. The normalized spacial score (nSPS) is 10.3. The first-order valence-electron chi connectivity index (χ1n) is 5.88. The van der Waals surface area contributed by atoms with Gasteiger partial charge in [-0.3, -0.25) is 0 Å². The summed E-state index contributed by atoms with van der Waals surface area (Å²) in [7, 11) is 1.51. The molecule has 7 heteroatoms. The molecule has 0 saturated heterocycles. The summed E-state index contributed by atoms with van der Waals surface area (Å²) in [5.74, 6) is 1.26. The fourth-order valence-electron chi connectivity index (χ4n) is 1.81. The highest BCUT2D eigenvalue weighted by atomic mass is 35.5. The minimum atomic E-state index is 0.118. The Morgan fingerprint density at radius 2 is 2.10 bits per heavy atom. The number of benzene rings is 1. The largest absolute Gasteiger partial charge is 0.493 e. The Bertz CT molecular complexity index is 857. The number of methoxy groups -OCH3 is 1. The maximum Gasteiger partial charge on any atom is 0.232 e. The van der Waals surface area contributed by atoms with E-state index in [1.54, 1.807) is 18.2 Å². The van der Waals surface area contributed by atoms with E-state index in [9.17, 15) is 0 Å². The number of halogens is 1. The standard InChI is InChI=1S/C14H8ClN3O2S/c1-19-11-6-8(7-16)2-3-10(11)20-12-9-4-5-21-13(9)18-14(15)17-12/h2-6H,1H3. The van der Waals surface area contributed by atoms with Crippen molar-refractivity contribution >= 4 is 33.2 Å². The van der Waals surface area contributed by atoms with Crippen molar-refractivity contribution in [2.45, 2.75) is 0 Å². The van der Waals surface area contributed by atoms with Crippen LogP contribution in [0.5, 0.6) is 17.4 Å². The van der Waals surface area contributed by atoms with E-state index in [0.717, 1.165) is 10.2 Å². The third-order valence-corrected chi connectivity index (χ3v) is 3.74. The van der Waals surface area contributed by atoms with Gasteiger partial charge in [0.05, 0.1) is 24.1 Å². The molecule has 0 N–H and O–H groups in total. The van der Waals surface area contributed by atoms with E-state index in [4.69, 9.17) is 26.3 Å². The third kappa shape index (κ3) is 2.61. The average Bonchev–Trinajstić information content (AvgIpc) is 2.96. The summed E-state index contributed by atoms with van der Waals surface area (Å²) < 4.78 is 11.0. The molecule has 21 heavy (non-hydrogen) atoms. The van der Waals surface area contributed by atoms with E-state index in [1.165, 1.54) is 18.4 Å². The van der Waals surface area contributed by atoms with Crippen molar-refractivity contribution in [3.63, 3.8) is 0 Å². The highest BCUT2D eigenvalue weighted by Crippen LogP contribution is 2.36. The van der Waals surface area contributed by atoms with Crippen LogP contribution in [0.3, 0.4) is 0 Å². The second-order valence-corrected chi connectivity index (χ2v) is 5.25. The lowest BCUT2D eigenvalue weighted by atomic mass is 10.2. The predicted molar refractivity (Wildman–Crippen MR) is 80.2 cm³/mol. The maximum atomic E-state index is 8.91. The van der Waals surface area contributed by atoms with Gasteiger partial charge in [-0.1, -0.05) is 0 Å². The summed E-state index contributed by atoms with van der Waals surface area (Å²) in [5.41, 5.74) is 0.487. The zero-order valence-corrected chi connectivity index (χ0v) is 12.4. The number of rotatable bonds is 3. The number of hydrogen-bond acceptors (Lipinski definition) is 6. The number of thiophene rings is 1. The van der Waals surface area contributed by atoms with Crippen LogP contribution in [0, 0.1) is 11.3 Å². The van der Waals surface area contributed by atoms with Gasteiger partial charge in [-0.2, -0.15) is 10.2 Å². The summed E-state index contributed by atoms with van der Waals surface area (Å²) in [5, 5.41) is 11.7. The van der Waals surface area contributed by atoms with Crippen molar-refractivity contribution in [2.24, 2.45) is 0 Å². The zero-order chi connectivity index (χ0) is 14.8. The Hall–Kier alpha value is -2.36. The zero-order valence-electron chi connectivity index (χ0n) is 10.8. The second kappa shape index (κ2) is 5.56. The van der Waals surface area contributed by atoms with Crippen molar-refractivity contribution in [2.75, 3.05) is 7.11 Å². The van der Waals surface area contributed by atoms with Gasteiger partial charge in [0.25, 0.3) is 0 Å². The summed E-state index contributed by atoms with van der Waals surface area (Å²) >= 11 is 7.35. The van der Waals surface area contributed by atoms with E-state index in [2.05, 4.69) is 9.97 Å². The molecule has 0 unspecified atom stereocenters. The van der Waals surface area contributed by atoms with Crippen LogP contribution >= 0.6 is 22.9 Å². The Kier molecular flexibility index (Phi) is 3.60. The van der Waals surface area contributed by atoms with Crippen LogP contribution in [0.1, 0.15) is 5.56 Å². The molecule has 0 amide bonds. The quantitative estimate of drug-likeness (QED) is 0.682. The first kappa shape index (κ1) is 13.6. The van der Waals surface area contributed by atoms with E-state index in [0.29, 0.717) is 22.9 Å². The Balaban J connectivity index is 2.06. The molecule has 2 aromatic heterocycles. The van der Waals surface area contributed by atoms with Crippen molar-refractivity contribution in [1.82, 2.24) is 9.97 Å². The average molecular weight is 318 g/mol. The van der Waals surface area contributed by atoms with Gasteiger partial charge in [-0.25, -0.2) is 4.98 Å². The second-order valence-electron chi connectivity index (χ2n) is 4.02. The van der Waals surface area contributed by atoms with Crippen LogP contribution in [-0.4, -0.2) is 17.1 Å². The van der Waals surface area contributed by atoms with Crippen molar-refractivity contribution in [3.05, 3.63) is 40.5 Å². The number of hydrogen-bond donors (Lipinski definition) is 0. The number of nitrogens with zero attached hydrogens (tertiary/aromatic N) is 3. The molecule has 0 spiro atoms. The molecule has 0 aliphatic heterocycles. The molecule has 3 aromatic rings. The summed E-state index contributed by atoms with van der Waals surface area (Å²) in [6.45, 7) is 0. The monoisotopic (exact) mass is 317 g/mol. The van der Waals surface area contributed by atoms with Crippen molar-refractivity contribution < 1.29 is 9.47 Å². The Morgan fingerprint density at radius 1 is 1.24 bits per heavy atom. The molecule has 0 aliphatic carbocycles. The van der Waals surface area contributed by atoms with E-state index >= 15 is 0 Å². The van der Waals surface area contributed by atoms with Crippen LogP contribution in [0.15, 0.2) is 29.6 Å². The smallest absolute Gasteiger partial charge is 0.232 e. The van der Waals surface area contributed by atoms with E-state index < -0.39 is 0 Å². The van der Waals surface area contributed by atoms with Crippen LogP contribution in [-0.2, 0) is 0 Å². The molecule has 1 aromatic carbocycles. The number of ether oxygens (including phenoxy) is 2. The number of fused-ring (bicyclic) bond motifs is 1. The minimum absolute atomic E-state index is 0.118. The molecular formula is C14H8ClN3O2S. The molecule has 2 heterocycles. The third-order valence-electron chi connectivity index (χ3n) is 2.76. The van der Waals surface area contributed by atoms with Gasteiger partial charge < -0.3 is 9.47 Å². The Labute approximate surface area is 129 Å². The molecule has 0 fully saturated rings. The van der Waals surface area contributed by atoms with Gasteiger partial charge in [0.2, 0.25) is 11.2 Å². The van der Waals surface area contributed by atoms with Gasteiger partial charge in [-0.05, 0) is 35.2 Å². The molecule has 0 saturated carbocycles. The van der Waals surface area contributed by atoms with Gasteiger partial charge in [0.15, 0.2) is 11.5 Å². The highest BCUT2D eigenvalue weighted by Gasteiger charge is 2.13. The Morgan fingerprint density at radius 3 is 2.86 bits per heavy atom. The molecule has 0 atom stereocenters. The van der Waals surface area contributed by atoms with Crippen molar-refractivity contribution in [1.29, 1.82) is 5.26 Å². The topological polar surface area (TPSA) is 68.0 Å². The SMILES string of the molecule is COc1cc(C#N)ccc1Oc1nc(Cl)nc2sccc12. The number of aromatic nitrogens is 2. The lowest BCUT2D eigenvalue weighted by Crippen LogP contribution is -1.94. The minimum Gasteiger partial charge on any atom is -0.493 e. The van der Waals surface area contributed by atoms with Gasteiger partial charge in [-0.15, -0.1) is 11.3 Å². The lowest BCUT2D eigenvalue weighted by molar-refractivity contribution is 0.375. The molecule has 0 bridgehead atoms. The van der Waals surface area contributed by atoms with E-state index in [1.807, 2.05) is 17.5 Å². The molecule has 0 aliphatic rings. The fraction of sp³-hybridized carbons (Fsp3) is 0.0714. The van der Waals surface area contributed by atoms with Crippen LogP contribution in [0.2, 0.25) is 5.28 Å². The molecule has 3 rings (SSSR count). The van der Waals surface area contributed by atoms with Crippen LogP contribution in [0.4, 0.5) is 0 Å². The maximum absolute atomic E-state index is 8.91. The van der Waals surface area contributed by atoms with Gasteiger partial charge >= 0.3 is 0 Å². The molecule has 0 radical (unpaired) electrons. The summed E-state index contributed by atoms with van der Waals surface area (Å²) in [6.07, 6.45) is 0. The van der Waals surface area contributed by atoms with Crippen LogP contribution in [0.25, 0.3) is 10.2 Å². The van der Waals surface area contributed by atoms with Gasteiger partial charge in [0.1, 0.15) is 4.83 Å². The first-order valence-corrected chi connectivity index (χ1v) is 7.14. The summed E-state index contributed by atoms with van der Waals surface area (Å²) in [4.78, 5) is 8.98. The molecule has 104 valence electrons. The predicted octanol–water partition coefficient (Wildman–Crippen LogP) is 4.02. The lowest BCUT2D eigenvalue weighted by Gasteiger charge is -2.10.